The van der Waals surface area contributed by atoms with Crippen molar-refractivity contribution in [2.45, 2.75) is 94.3 Å². The molecule has 0 nitrogen and oxygen atoms in total. The molecule has 3 aliphatic rings. The van der Waals surface area contributed by atoms with Gasteiger partial charge in [-0.2, -0.15) is 0 Å². The third-order valence-electron chi connectivity index (χ3n) is 10.5. The number of fused-ring (bicyclic) bond motifs is 5. The maximum atomic E-state index is 3.84. The van der Waals surface area contributed by atoms with Gasteiger partial charge >= 0.3 is 0 Å². The summed E-state index contributed by atoms with van der Waals surface area (Å²) in [5.41, 5.74) is 12.5. The minimum Gasteiger partial charge on any atom is -0.0620 e. The van der Waals surface area contributed by atoms with Gasteiger partial charge in [0.1, 0.15) is 0 Å². The lowest BCUT2D eigenvalue weighted by molar-refractivity contribution is 0.391. The van der Waals surface area contributed by atoms with Gasteiger partial charge in [0.15, 0.2) is 0 Å². The average molecular weight is 669 g/mol. The number of unbranched alkanes of at least 4 members (excludes halogenated alkanes) is 4. The highest BCUT2D eigenvalue weighted by molar-refractivity contribution is 9.10. The van der Waals surface area contributed by atoms with Crippen LogP contribution in [0, 0.1) is 0 Å². The minimum absolute atomic E-state index is 0.115. The molecule has 7 rings (SSSR count). The van der Waals surface area contributed by atoms with E-state index in [-0.39, 0.29) is 5.41 Å². The van der Waals surface area contributed by atoms with Crippen molar-refractivity contribution in [1.29, 1.82) is 0 Å². The van der Waals surface area contributed by atoms with E-state index < -0.39 is 0 Å². The molecule has 0 saturated carbocycles. The van der Waals surface area contributed by atoms with Crippen molar-refractivity contribution in [2.24, 2.45) is 0 Å². The predicted molar refractivity (Wildman–Crippen MR) is 180 cm³/mol. The van der Waals surface area contributed by atoms with Crippen LogP contribution in [0.15, 0.2) is 93.9 Å². The molecule has 3 aliphatic carbocycles. The Morgan fingerprint density at radius 2 is 1.00 bits per heavy atom. The quantitative estimate of drug-likeness (QED) is 0.132. The lowest BCUT2D eigenvalue weighted by Gasteiger charge is -2.34. The van der Waals surface area contributed by atoms with Crippen molar-refractivity contribution in [3.8, 4) is 11.1 Å². The summed E-state index contributed by atoms with van der Waals surface area (Å²) in [6.45, 7) is 0. The molecule has 0 aromatic heterocycles. The Hall–Kier alpha value is -2.16. The summed E-state index contributed by atoms with van der Waals surface area (Å²) < 4.78 is 2.42. The van der Waals surface area contributed by atoms with Crippen LogP contribution in [0.2, 0.25) is 0 Å². The number of hydrogen-bond donors (Lipinski definition) is 0. The van der Waals surface area contributed by atoms with E-state index in [1.54, 1.807) is 33.4 Å². The van der Waals surface area contributed by atoms with Gasteiger partial charge in [0.25, 0.3) is 0 Å². The van der Waals surface area contributed by atoms with Crippen LogP contribution in [0.5, 0.6) is 0 Å². The van der Waals surface area contributed by atoms with E-state index in [1.165, 1.54) is 97.1 Å². The van der Waals surface area contributed by atoms with Crippen LogP contribution in [0.3, 0.4) is 0 Å². The summed E-state index contributed by atoms with van der Waals surface area (Å²) in [5.74, 6) is 1.59. The lowest BCUT2D eigenvalue weighted by Crippen LogP contribution is -2.25. The molecule has 0 saturated heterocycles. The van der Waals surface area contributed by atoms with Crippen molar-refractivity contribution in [3.05, 3.63) is 127 Å². The molecule has 2 heteroatoms. The molecule has 4 aromatic rings. The fourth-order valence-electron chi connectivity index (χ4n) is 8.33. The smallest absolute Gasteiger partial charge is 0.0216 e. The first-order valence-corrected chi connectivity index (χ1v) is 17.5. The predicted octanol–water partition coefficient (Wildman–Crippen LogP) is 12.1. The SMILES string of the molecule is Brc1ccc2c(c1)C(CCCCCC1Cc3ccccc31)(CCCCCC1Cc3ccccc31)c1cc(Br)ccc1-2. The zero-order chi connectivity index (χ0) is 27.8. The summed E-state index contributed by atoms with van der Waals surface area (Å²) in [6, 6.07) is 32.2. The van der Waals surface area contributed by atoms with Gasteiger partial charge in [-0.15, -0.1) is 0 Å². The van der Waals surface area contributed by atoms with Crippen molar-refractivity contribution in [2.75, 3.05) is 0 Å². The van der Waals surface area contributed by atoms with Gasteiger partial charge in [-0.25, -0.2) is 0 Å². The Kier molecular flexibility index (Phi) is 7.99. The number of rotatable bonds is 12. The second-order valence-electron chi connectivity index (χ2n) is 12.9. The molecule has 0 bridgehead atoms. The van der Waals surface area contributed by atoms with Crippen LogP contribution in [0.25, 0.3) is 11.1 Å². The molecule has 0 radical (unpaired) electrons. The number of hydrogen-bond acceptors (Lipinski definition) is 0. The number of benzene rings is 4. The molecule has 0 amide bonds. The van der Waals surface area contributed by atoms with Crippen LogP contribution in [-0.4, -0.2) is 0 Å². The average Bonchev–Trinajstić information content (AvgIpc) is 3.21. The van der Waals surface area contributed by atoms with E-state index in [0.29, 0.717) is 0 Å². The van der Waals surface area contributed by atoms with E-state index >= 15 is 0 Å². The van der Waals surface area contributed by atoms with E-state index in [9.17, 15) is 0 Å². The molecule has 4 aromatic carbocycles. The molecule has 0 N–H and O–H groups in total. The highest BCUT2D eigenvalue weighted by Crippen LogP contribution is 2.55. The molecule has 0 heterocycles. The monoisotopic (exact) mass is 666 g/mol. The second-order valence-corrected chi connectivity index (χ2v) is 14.7. The highest BCUT2D eigenvalue weighted by Gasteiger charge is 2.42. The molecular weight excluding hydrogens is 628 g/mol. The molecule has 0 aliphatic heterocycles. The molecule has 2 atom stereocenters. The van der Waals surface area contributed by atoms with E-state index in [4.69, 9.17) is 0 Å². The zero-order valence-electron chi connectivity index (χ0n) is 24.0. The third kappa shape index (κ3) is 5.29. The maximum absolute atomic E-state index is 3.84. The highest BCUT2D eigenvalue weighted by atomic mass is 79.9. The first-order valence-electron chi connectivity index (χ1n) is 15.9. The van der Waals surface area contributed by atoms with Gasteiger partial charge in [-0.05, 0) is 119 Å². The largest absolute Gasteiger partial charge is 0.0620 e. The first kappa shape index (κ1) is 27.7. The Labute approximate surface area is 263 Å². The molecule has 0 spiro atoms. The van der Waals surface area contributed by atoms with Crippen LogP contribution in [0.4, 0.5) is 0 Å². The summed E-state index contributed by atoms with van der Waals surface area (Å²) in [5, 5.41) is 0. The Morgan fingerprint density at radius 3 is 1.46 bits per heavy atom. The molecule has 41 heavy (non-hydrogen) atoms. The Morgan fingerprint density at radius 1 is 0.537 bits per heavy atom. The fraction of sp³-hybridized carbons (Fsp3) is 0.385. The summed E-state index contributed by atoms with van der Waals surface area (Å²) in [4.78, 5) is 0. The summed E-state index contributed by atoms with van der Waals surface area (Å²) in [6.07, 6.45) is 15.7. The van der Waals surface area contributed by atoms with E-state index in [1.807, 2.05) is 0 Å². The van der Waals surface area contributed by atoms with Gasteiger partial charge in [0.05, 0.1) is 0 Å². The van der Waals surface area contributed by atoms with Gasteiger partial charge in [0, 0.05) is 14.4 Å². The van der Waals surface area contributed by atoms with Crippen molar-refractivity contribution < 1.29 is 0 Å². The topological polar surface area (TPSA) is 0 Å². The normalized spacial score (nSPS) is 19.0. The fourth-order valence-corrected chi connectivity index (χ4v) is 9.05. The van der Waals surface area contributed by atoms with Crippen molar-refractivity contribution in [1.82, 2.24) is 0 Å². The van der Waals surface area contributed by atoms with Crippen LogP contribution < -0.4 is 0 Å². The summed E-state index contributed by atoms with van der Waals surface area (Å²) in [7, 11) is 0. The van der Waals surface area contributed by atoms with Crippen LogP contribution >= 0.6 is 31.9 Å². The first-order chi connectivity index (χ1) is 20.1. The Bertz CT molecular complexity index is 1430. The van der Waals surface area contributed by atoms with Crippen LogP contribution in [0.1, 0.15) is 109 Å². The maximum Gasteiger partial charge on any atom is 0.0216 e. The standard InChI is InChI=1S/C39H40Br2/c40-31-17-19-35-36-20-18-32(41)26-38(36)39(37(35)25-31,21-9-1-3-11-27-23-29-13-5-7-15-33(27)29)22-10-2-4-12-28-24-30-14-6-8-16-34(28)30/h5-8,13-20,25-28H,1-4,9-12,21-24H2. The second kappa shape index (κ2) is 11.8. The van der Waals surface area contributed by atoms with Crippen molar-refractivity contribution >= 4 is 31.9 Å². The molecule has 210 valence electrons. The van der Waals surface area contributed by atoms with E-state index in [2.05, 4.69) is 117 Å². The summed E-state index contributed by atoms with van der Waals surface area (Å²) >= 11 is 7.68. The van der Waals surface area contributed by atoms with E-state index in [0.717, 1.165) is 11.8 Å². The van der Waals surface area contributed by atoms with Gasteiger partial charge in [0.2, 0.25) is 0 Å². The Balaban J connectivity index is 1.04. The molecule has 2 unspecified atom stereocenters. The third-order valence-corrected chi connectivity index (χ3v) is 11.5. The van der Waals surface area contributed by atoms with Crippen molar-refractivity contribution in [3.63, 3.8) is 0 Å². The number of halogens is 2. The minimum atomic E-state index is 0.115. The van der Waals surface area contributed by atoms with Gasteiger partial charge < -0.3 is 0 Å². The lowest BCUT2D eigenvalue weighted by atomic mass is 9.70. The van der Waals surface area contributed by atoms with Gasteiger partial charge in [-0.3, -0.25) is 0 Å². The molecular formula is C39H40Br2. The van der Waals surface area contributed by atoms with Crippen LogP contribution in [-0.2, 0) is 18.3 Å². The van der Waals surface area contributed by atoms with Gasteiger partial charge in [-0.1, -0.05) is 131 Å². The molecule has 0 fully saturated rings. The zero-order valence-corrected chi connectivity index (χ0v) is 27.2.